The topological polar surface area (TPSA) is 82.4 Å². The minimum absolute atomic E-state index is 0.136. The number of ether oxygens (including phenoxy) is 1. The molecule has 9 heteroatoms. The molecule has 1 aliphatic heterocycles. The molecule has 1 saturated heterocycles. The maximum absolute atomic E-state index is 13.7. The molecule has 3 aromatic rings. The molecule has 2 amide bonds. The van der Waals surface area contributed by atoms with Crippen LogP contribution in [0.1, 0.15) is 18.1 Å². The average Bonchev–Trinajstić information content (AvgIpc) is 3.22. The van der Waals surface area contributed by atoms with Crippen LogP contribution >= 0.6 is 35.0 Å². The second kappa shape index (κ2) is 12.2. The van der Waals surface area contributed by atoms with Crippen molar-refractivity contribution < 1.29 is 14.3 Å². The molecular formula is C28H23Cl2N3O3S. The average molecular weight is 552 g/mol. The Labute approximate surface area is 229 Å². The van der Waals surface area contributed by atoms with Gasteiger partial charge in [-0.2, -0.15) is 5.26 Å². The van der Waals surface area contributed by atoms with Crippen molar-refractivity contribution in [3.05, 3.63) is 105 Å². The molecule has 0 radical (unpaired) electrons. The molecule has 0 spiro atoms. The molecular weight excluding hydrogens is 529 g/mol. The van der Waals surface area contributed by atoms with Crippen LogP contribution in [-0.2, 0) is 22.6 Å². The lowest BCUT2D eigenvalue weighted by atomic mass is 10.1. The Morgan fingerprint density at radius 1 is 1.08 bits per heavy atom. The lowest BCUT2D eigenvalue weighted by Gasteiger charge is -2.19. The highest BCUT2D eigenvalue weighted by molar-refractivity contribution is 8.05. The summed E-state index contributed by atoms with van der Waals surface area (Å²) in [5, 5.41) is 13.2. The van der Waals surface area contributed by atoms with Crippen LogP contribution in [0.2, 0.25) is 10.0 Å². The maximum atomic E-state index is 13.7. The van der Waals surface area contributed by atoms with Crippen LogP contribution in [0.3, 0.4) is 0 Å². The first-order valence-electron chi connectivity index (χ1n) is 11.6. The van der Waals surface area contributed by atoms with Gasteiger partial charge in [-0.15, -0.1) is 0 Å². The fourth-order valence-corrected chi connectivity index (χ4v) is 5.55. The molecule has 1 aliphatic rings. The Balaban J connectivity index is 1.69. The molecule has 1 N–H and O–H groups in total. The van der Waals surface area contributed by atoms with Gasteiger partial charge in [0.05, 0.1) is 21.9 Å². The summed E-state index contributed by atoms with van der Waals surface area (Å²) < 4.78 is 5.52. The normalized spacial score (nSPS) is 16.3. The van der Waals surface area contributed by atoms with E-state index in [0.717, 1.165) is 5.56 Å². The van der Waals surface area contributed by atoms with Crippen LogP contribution in [0, 0.1) is 11.3 Å². The maximum Gasteiger partial charge on any atom is 0.264 e. The molecule has 37 heavy (non-hydrogen) atoms. The van der Waals surface area contributed by atoms with Crippen molar-refractivity contribution in [1.82, 2.24) is 5.32 Å². The summed E-state index contributed by atoms with van der Waals surface area (Å²) in [6.07, 6.45) is 0.282. The second-order valence-corrected chi connectivity index (χ2v) is 10.1. The van der Waals surface area contributed by atoms with Crippen LogP contribution in [-0.4, -0.2) is 23.7 Å². The number of hydrogen-bond acceptors (Lipinski definition) is 5. The van der Waals surface area contributed by atoms with E-state index in [4.69, 9.17) is 27.9 Å². The third-order valence-corrected chi connectivity index (χ3v) is 7.77. The van der Waals surface area contributed by atoms with Gasteiger partial charge < -0.3 is 10.1 Å². The van der Waals surface area contributed by atoms with Crippen molar-refractivity contribution in [2.24, 2.45) is 0 Å². The molecule has 188 valence electrons. The number of nitrogens with one attached hydrogen (secondary N) is 1. The zero-order valence-corrected chi connectivity index (χ0v) is 22.2. The zero-order valence-electron chi connectivity index (χ0n) is 19.9. The van der Waals surface area contributed by atoms with E-state index in [1.807, 2.05) is 49.4 Å². The monoisotopic (exact) mass is 551 g/mol. The van der Waals surface area contributed by atoms with Gasteiger partial charge in [0.15, 0.2) is 0 Å². The first kappa shape index (κ1) is 26.6. The zero-order chi connectivity index (χ0) is 26.4. The van der Waals surface area contributed by atoms with Gasteiger partial charge in [0.1, 0.15) is 22.4 Å². The van der Waals surface area contributed by atoms with E-state index in [1.165, 1.54) is 16.7 Å². The first-order chi connectivity index (χ1) is 17.9. The third-order valence-electron chi connectivity index (χ3n) is 5.64. The molecule has 1 heterocycles. The predicted molar refractivity (Wildman–Crippen MR) is 148 cm³/mol. The Kier molecular flexibility index (Phi) is 8.78. The van der Waals surface area contributed by atoms with E-state index in [-0.39, 0.29) is 29.5 Å². The number of thioether (sulfide) groups is 1. The molecule has 1 unspecified atom stereocenters. The molecule has 6 nitrogen and oxygen atoms in total. The van der Waals surface area contributed by atoms with Gasteiger partial charge >= 0.3 is 0 Å². The number of carbonyl (C=O) groups is 2. The van der Waals surface area contributed by atoms with Gasteiger partial charge in [0, 0.05) is 12.2 Å². The fraction of sp³-hybridized carbons (Fsp3) is 0.179. The van der Waals surface area contributed by atoms with Crippen molar-refractivity contribution in [3.8, 4) is 11.8 Å². The Morgan fingerprint density at radius 3 is 2.49 bits per heavy atom. The van der Waals surface area contributed by atoms with Gasteiger partial charge in [-0.1, -0.05) is 77.4 Å². The lowest BCUT2D eigenvalue weighted by molar-refractivity contribution is -0.117. The minimum atomic E-state index is -0.609. The molecule has 1 atom stereocenters. The molecule has 3 aromatic carbocycles. The summed E-state index contributed by atoms with van der Waals surface area (Å²) in [7, 11) is 0. The highest BCUT2D eigenvalue weighted by Gasteiger charge is 2.41. The summed E-state index contributed by atoms with van der Waals surface area (Å²) in [4.78, 5) is 28.2. The molecule has 0 saturated carbocycles. The summed E-state index contributed by atoms with van der Waals surface area (Å²) in [6.45, 7) is 2.64. The smallest absolute Gasteiger partial charge is 0.264 e. The summed E-state index contributed by atoms with van der Waals surface area (Å²) >= 11 is 13.7. The Morgan fingerprint density at radius 2 is 1.81 bits per heavy atom. The van der Waals surface area contributed by atoms with E-state index in [1.54, 1.807) is 36.4 Å². The van der Waals surface area contributed by atoms with Crippen LogP contribution in [0.25, 0.3) is 0 Å². The van der Waals surface area contributed by atoms with Crippen molar-refractivity contribution in [2.75, 3.05) is 11.5 Å². The molecule has 0 aromatic heterocycles. The predicted octanol–water partition coefficient (Wildman–Crippen LogP) is 6.13. The lowest BCUT2D eigenvalue weighted by Crippen LogP contribution is -2.32. The number of rotatable bonds is 8. The van der Waals surface area contributed by atoms with E-state index in [0.29, 0.717) is 33.7 Å². The summed E-state index contributed by atoms with van der Waals surface area (Å²) in [5.74, 6) is -0.165. The number of nitrogens with zero attached hydrogens (tertiary/aromatic N) is 2. The van der Waals surface area contributed by atoms with E-state index in [9.17, 15) is 14.9 Å². The van der Waals surface area contributed by atoms with E-state index < -0.39 is 11.2 Å². The van der Waals surface area contributed by atoms with Gasteiger partial charge in [-0.3, -0.25) is 14.5 Å². The number of anilines is 1. The summed E-state index contributed by atoms with van der Waals surface area (Å²) in [6, 6.07) is 23.6. The Hall–Kier alpha value is -3.44. The fourth-order valence-electron chi connectivity index (χ4n) is 3.85. The molecule has 0 aliphatic carbocycles. The van der Waals surface area contributed by atoms with Gasteiger partial charge in [-0.05, 0) is 54.8 Å². The van der Waals surface area contributed by atoms with Crippen LogP contribution in [0.5, 0.6) is 5.75 Å². The minimum Gasteiger partial charge on any atom is -0.494 e. The number of carbonyl (C=O) groups excluding carboxylic acids is 2. The number of nitriles is 1. The molecule has 4 rings (SSSR count). The second-order valence-electron chi connectivity index (χ2n) is 8.08. The molecule has 0 bridgehead atoms. The van der Waals surface area contributed by atoms with Gasteiger partial charge in [-0.25, -0.2) is 0 Å². The van der Waals surface area contributed by atoms with E-state index in [2.05, 4.69) is 5.32 Å². The summed E-state index contributed by atoms with van der Waals surface area (Å²) in [5.41, 5.74) is 1.99. The number of hydrogen-bond donors (Lipinski definition) is 1. The standard InChI is InChI=1S/C28H23Cl2N3O3S/c1-2-36-21-13-11-20(12-14-21)33-27(35)24(15-19-9-6-10-23(29)25(19)30)37-28(33)22(16-31)26(34)32-17-18-7-4-3-5-8-18/h3-14,24H,2,15,17H2,1H3,(H,32,34)/b28-22-. The largest absolute Gasteiger partial charge is 0.494 e. The van der Waals surface area contributed by atoms with Crippen LogP contribution in [0.4, 0.5) is 5.69 Å². The van der Waals surface area contributed by atoms with Crippen molar-refractivity contribution in [3.63, 3.8) is 0 Å². The van der Waals surface area contributed by atoms with Gasteiger partial charge in [0.2, 0.25) is 5.91 Å². The van der Waals surface area contributed by atoms with Crippen molar-refractivity contribution in [2.45, 2.75) is 25.1 Å². The molecule has 1 fully saturated rings. The number of amides is 2. The number of halogens is 2. The third kappa shape index (κ3) is 6.11. The van der Waals surface area contributed by atoms with Crippen molar-refractivity contribution in [1.29, 1.82) is 5.26 Å². The van der Waals surface area contributed by atoms with Crippen LogP contribution in [0.15, 0.2) is 83.4 Å². The highest BCUT2D eigenvalue weighted by Crippen LogP contribution is 2.43. The van der Waals surface area contributed by atoms with Gasteiger partial charge in [0.25, 0.3) is 5.91 Å². The highest BCUT2D eigenvalue weighted by atomic mass is 35.5. The first-order valence-corrected chi connectivity index (χ1v) is 13.2. The quantitative estimate of drug-likeness (QED) is 0.268. The van der Waals surface area contributed by atoms with E-state index >= 15 is 0 Å². The Bertz CT molecular complexity index is 1370. The van der Waals surface area contributed by atoms with Crippen LogP contribution < -0.4 is 15.0 Å². The number of benzene rings is 3. The van der Waals surface area contributed by atoms with Crippen molar-refractivity contribution >= 4 is 52.5 Å². The SMILES string of the molecule is CCOc1ccc(N2C(=O)C(Cc3cccc(Cl)c3Cl)S/C2=C(/C#N)C(=O)NCc2ccccc2)cc1.